The predicted octanol–water partition coefficient (Wildman–Crippen LogP) is 4.51. The van der Waals surface area contributed by atoms with Crippen LogP contribution >= 0.6 is 22.9 Å². The zero-order chi connectivity index (χ0) is 29.7. The summed E-state index contributed by atoms with van der Waals surface area (Å²) in [5, 5.41) is 33.5. The highest BCUT2D eigenvalue weighted by Gasteiger charge is 2.40. The van der Waals surface area contributed by atoms with Gasteiger partial charge in [0, 0.05) is 5.92 Å². The van der Waals surface area contributed by atoms with Crippen LogP contribution in [0, 0.1) is 23.0 Å². The fourth-order valence-corrected chi connectivity index (χ4v) is 5.85. The van der Waals surface area contributed by atoms with Gasteiger partial charge in [0.15, 0.2) is 28.4 Å². The Kier molecular flexibility index (Phi) is 9.42. The largest absolute Gasteiger partial charge is 0.480 e. The molecule has 1 atom stereocenters. The average molecular weight is 604 g/mol. The summed E-state index contributed by atoms with van der Waals surface area (Å²) in [7, 11) is 0. The van der Waals surface area contributed by atoms with Crippen LogP contribution in [0.3, 0.4) is 0 Å². The Hall–Kier alpha value is -4.20. The monoisotopic (exact) mass is 603 g/mol. The molecule has 41 heavy (non-hydrogen) atoms. The molecule has 1 aliphatic heterocycles. The maximum Gasteiger partial charge on any atom is 0.349 e. The Morgan fingerprint density at radius 2 is 1.85 bits per heavy atom. The minimum atomic E-state index is -1.34. The molecule has 2 aromatic carbocycles. The van der Waals surface area contributed by atoms with Crippen molar-refractivity contribution in [3.63, 3.8) is 0 Å². The molecule has 3 N–H and O–H groups in total. The van der Waals surface area contributed by atoms with Crippen molar-refractivity contribution in [2.24, 2.45) is 5.92 Å². The van der Waals surface area contributed by atoms with E-state index in [0.717, 1.165) is 16.9 Å². The van der Waals surface area contributed by atoms with E-state index in [-0.39, 0.29) is 37.9 Å². The number of aryl methyl sites for hydroxylation is 1. The lowest BCUT2D eigenvalue weighted by molar-refractivity contribution is -0.484. The highest BCUT2D eigenvalue weighted by molar-refractivity contribution is 7.18. The Morgan fingerprint density at radius 1 is 1.17 bits per heavy atom. The number of hydrogen-bond acceptors (Lipinski definition) is 9. The third-order valence-electron chi connectivity index (χ3n) is 6.41. The Balaban J connectivity index is 1.69. The standard InChI is InChI=1S/C27H26ClN3O9S/c1-15-5-7-18(8-6-15)30(31(37)38)26(34)22(16-9-11-29-12-10-16)40-19-4-2-3-17(13-19)24-21(28)23(39-14-20(32)33)25(41-24)27(35)36/h2-8,13,16,22,29H,9-12,14H2,1H3,(H,32,33)(H,35,36). The van der Waals surface area contributed by atoms with E-state index in [0.29, 0.717) is 36.5 Å². The molecule has 3 aromatic rings. The number of hydrogen-bond donors (Lipinski definition) is 3. The summed E-state index contributed by atoms with van der Waals surface area (Å²) in [5.41, 5.74) is 1.40. The molecule has 216 valence electrons. The molecule has 1 aromatic heterocycles. The number of nitro groups is 1. The molecule has 1 unspecified atom stereocenters. The summed E-state index contributed by atoms with van der Waals surface area (Å²) in [6.07, 6.45) is -0.0844. The van der Waals surface area contributed by atoms with Gasteiger partial charge in [0.2, 0.25) is 0 Å². The van der Waals surface area contributed by atoms with Crippen molar-refractivity contribution in [3.8, 4) is 21.9 Å². The van der Waals surface area contributed by atoms with Gasteiger partial charge in [0.1, 0.15) is 16.5 Å². The molecule has 14 heteroatoms. The van der Waals surface area contributed by atoms with Gasteiger partial charge in [0.05, 0.1) is 4.88 Å². The van der Waals surface area contributed by atoms with Crippen molar-refractivity contribution < 1.29 is 39.1 Å². The summed E-state index contributed by atoms with van der Waals surface area (Å²) in [6.45, 7) is 2.27. The van der Waals surface area contributed by atoms with Gasteiger partial charge in [-0.15, -0.1) is 11.3 Å². The number of halogens is 1. The number of carboxylic acids is 2. The number of benzene rings is 2. The zero-order valence-electron chi connectivity index (χ0n) is 21.7. The number of carbonyl (C=O) groups excluding carboxylic acids is 1. The van der Waals surface area contributed by atoms with Crippen LogP contribution in [0.5, 0.6) is 11.5 Å². The molecule has 4 rings (SSSR count). The minimum absolute atomic E-state index is 0.0873. The third-order valence-corrected chi connectivity index (χ3v) is 8.09. The van der Waals surface area contributed by atoms with Gasteiger partial charge in [-0.3, -0.25) is 4.79 Å². The van der Waals surface area contributed by atoms with Gasteiger partial charge in [-0.25, -0.2) is 19.7 Å². The normalized spacial score (nSPS) is 14.2. The van der Waals surface area contributed by atoms with E-state index in [1.807, 2.05) is 6.92 Å². The van der Waals surface area contributed by atoms with Crippen molar-refractivity contribution in [1.29, 1.82) is 0 Å². The maximum absolute atomic E-state index is 13.7. The zero-order valence-corrected chi connectivity index (χ0v) is 23.3. The van der Waals surface area contributed by atoms with Crippen LogP contribution in [0.4, 0.5) is 5.69 Å². The van der Waals surface area contributed by atoms with Crippen LogP contribution in [0.2, 0.25) is 5.02 Å². The molecule has 0 radical (unpaired) electrons. The molecule has 1 saturated heterocycles. The lowest BCUT2D eigenvalue weighted by atomic mass is 9.91. The number of carbonyl (C=O) groups is 3. The first-order chi connectivity index (χ1) is 19.6. The molecule has 1 amide bonds. The van der Waals surface area contributed by atoms with E-state index in [1.165, 1.54) is 18.2 Å². The number of rotatable bonds is 11. The van der Waals surface area contributed by atoms with Gasteiger partial charge in [-0.05, 0) is 67.7 Å². The Labute approximate surface area is 243 Å². The summed E-state index contributed by atoms with van der Waals surface area (Å²) >= 11 is 7.21. The van der Waals surface area contributed by atoms with Crippen molar-refractivity contribution in [3.05, 3.63) is 74.1 Å². The molecule has 0 bridgehead atoms. The topological polar surface area (TPSA) is 169 Å². The third kappa shape index (κ3) is 6.93. The fraction of sp³-hybridized carbons (Fsp3) is 0.296. The smallest absolute Gasteiger partial charge is 0.349 e. The summed E-state index contributed by atoms with van der Waals surface area (Å²) in [6, 6.07) is 12.7. The van der Waals surface area contributed by atoms with Crippen molar-refractivity contribution in [2.75, 3.05) is 24.7 Å². The summed E-state index contributed by atoms with van der Waals surface area (Å²) in [5.74, 6) is -3.86. The van der Waals surface area contributed by atoms with Crippen molar-refractivity contribution in [2.45, 2.75) is 25.9 Å². The second kappa shape index (κ2) is 13.0. The number of nitrogens with one attached hydrogen (secondary N) is 1. The average Bonchev–Trinajstić information content (AvgIpc) is 3.28. The molecular formula is C27H26ClN3O9S. The number of anilines is 1. The first-order valence-corrected chi connectivity index (χ1v) is 13.7. The Morgan fingerprint density at radius 3 is 2.46 bits per heavy atom. The number of piperidine rings is 1. The van der Waals surface area contributed by atoms with Crippen LogP contribution < -0.4 is 19.8 Å². The van der Waals surface area contributed by atoms with Crippen LogP contribution in [0.1, 0.15) is 28.1 Å². The molecule has 0 spiro atoms. The van der Waals surface area contributed by atoms with E-state index in [2.05, 4.69) is 5.32 Å². The van der Waals surface area contributed by atoms with E-state index in [9.17, 15) is 29.6 Å². The Bertz CT molecular complexity index is 1450. The number of aromatic carboxylic acids is 1. The van der Waals surface area contributed by atoms with Gasteiger partial charge < -0.3 is 25.0 Å². The van der Waals surface area contributed by atoms with Crippen LogP contribution in [-0.4, -0.2) is 58.9 Å². The van der Waals surface area contributed by atoms with Gasteiger partial charge in [-0.2, -0.15) is 0 Å². The van der Waals surface area contributed by atoms with E-state index < -0.39 is 35.6 Å². The second-order valence-electron chi connectivity index (χ2n) is 9.27. The lowest BCUT2D eigenvalue weighted by Crippen LogP contribution is -2.50. The number of hydrazine groups is 1. The van der Waals surface area contributed by atoms with E-state index >= 15 is 0 Å². The first kappa shape index (κ1) is 29.8. The highest BCUT2D eigenvalue weighted by Crippen LogP contribution is 2.46. The molecule has 1 fully saturated rings. The fourth-order valence-electron chi connectivity index (χ4n) is 4.45. The number of nitrogens with zero attached hydrogens (tertiary/aromatic N) is 2. The minimum Gasteiger partial charge on any atom is -0.480 e. The highest BCUT2D eigenvalue weighted by atomic mass is 35.5. The molecule has 0 aliphatic carbocycles. The van der Waals surface area contributed by atoms with E-state index in [1.54, 1.807) is 30.3 Å². The molecule has 12 nitrogen and oxygen atoms in total. The van der Waals surface area contributed by atoms with Gasteiger partial charge >= 0.3 is 17.8 Å². The number of aliphatic carboxylic acids is 1. The van der Waals surface area contributed by atoms with Crippen LogP contribution in [-0.2, 0) is 9.59 Å². The number of ether oxygens (including phenoxy) is 2. The summed E-state index contributed by atoms with van der Waals surface area (Å²) in [4.78, 5) is 48.5. The quantitative estimate of drug-likeness (QED) is 0.209. The van der Waals surface area contributed by atoms with Crippen LogP contribution in [0.25, 0.3) is 10.4 Å². The van der Waals surface area contributed by atoms with Gasteiger partial charge in [0.25, 0.3) is 0 Å². The number of thiophene rings is 1. The number of carboxylic acid groups (broad SMARTS) is 2. The second-order valence-corrected chi connectivity index (χ2v) is 10.7. The maximum atomic E-state index is 13.7. The van der Waals surface area contributed by atoms with Crippen molar-refractivity contribution in [1.82, 2.24) is 5.32 Å². The molecular weight excluding hydrogens is 578 g/mol. The number of amides is 1. The van der Waals surface area contributed by atoms with E-state index in [4.69, 9.17) is 26.2 Å². The first-order valence-electron chi connectivity index (χ1n) is 12.5. The van der Waals surface area contributed by atoms with Gasteiger partial charge in [-0.1, -0.05) is 41.4 Å². The lowest BCUT2D eigenvalue weighted by Gasteiger charge is -2.31. The van der Waals surface area contributed by atoms with Crippen LogP contribution in [0.15, 0.2) is 48.5 Å². The predicted molar refractivity (Wildman–Crippen MR) is 151 cm³/mol. The SMILES string of the molecule is Cc1ccc(N(C(=O)C(Oc2cccc(-c3sc(C(=O)O)c(OCC(=O)O)c3Cl)c2)C2CCNCC2)[N+](=O)[O-])cc1. The molecule has 1 aliphatic rings. The molecule has 2 heterocycles. The van der Waals surface area contributed by atoms with Crippen molar-refractivity contribution >= 4 is 46.5 Å². The molecule has 0 saturated carbocycles. The summed E-state index contributed by atoms with van der Waals surface area (Å²) < 4.78 is 11.3.